The van der Waals surface area contributed by atoms with Gasteiger partial charge in [0, 0.05) is 24.6 Å². The van der Waals surface area contributed by atoms with Crippen LogP contribution in [0.2, 0.25) is 0 Å². The molecule has 0 atom stereocenters. The van der Waals surface area contributed by atoms with Crippen molar-refractivity contribution < 1.29 is 4.74 Å². The molecule has 5 heteroatoms. The fourth-order valence-corrected chi connectivity index (χ4v) is 1.91. The van der Waals surface area contributed by atoms with Crippen LogP contribution in [0.3, 0.4) is 0 Å². The topological polar surface area (TPSA) is 56.1 Å². The Bertz CT molecular complexity index is 501. The monoisotopic (exact) mass is 295 g/mol. The Labute approximate surface area is 127 Å². The van der Waals surface area contributed by atoms with E-state index >= 15 is 0 Å². The van der Waals surface area contributed by atoms with Crippen molar-refractivity contribution in [2.75, 3.05) is 20.3 Å². The zero-order chi connectivity index (χ0) is 16.0. The Hall–Kier alpha value is -1.20. The Balaban J connectivity index is 3.06. The smallest absolute Gasteiger partial charge is 0.271 e. The molecule has 1 aromatic heterocycles. The third-order valence-electron chi connectivity index (χ3n) is 3.19. The summed E-state index contributed by atoms with van der Waals surface area (Å²) >= 11 is 0. The van der Waals surface area contributed by atoms with Gasteiger partial charge in [0.05, 0.1) is 18.8 Å². The number of hydrogen-bond donors (Lipinski definition) is 1. The summed E-state index contributed by atoms with van der Waals surface area (Å²) in [6.45, 7) is 13.0. The molecule has 0 saturated heterocycles. The molecule has 0 unspecified atom stereocenters. The predicted octanol–water partition coefficient (Wildman–Crippen LogP) is 1.93. The second-order valence-electron chi connectivity index (χ2n) is 6.85. The number of rotatable bonds is 7. The highest BCUT2D eigenvalue weighted by molar-refractivity contribution is 5.19. The first-order valence-electron chi connectivity index (χ1n) is 7.57. The molecule has 1 heterocycles. The summed E-state index contributed by atoms with van der Waals surface area (Å²) in [5.41, 5.74) is 1.58. The minimum Gasteiger partial charge on any atom is -0.383 e. The zero-order valence-electron chi connectivity index (χ0n) is 14.2. The van der Waals surface area contributed by atoms with Gasteiger partial charge >= 0.3 is 0 Å². The molecule has 0 aliphatic heterocycles. The van der Waals surface area contributed by atoms with Gasteiger partial charge < -0.3 is 10.1 Å². The van der Waals surface area contributed by atoms with Crippen LogP contribution >= 0.6 is 0 Å². The van der Waals surface area contributed by atoms with Crippen molar-refractivity contribution >= 4 is 0 Å². The van der Waals surface area contributed by atoms with E-state index in [1.165, 1.54) is 4.68 Å². The van der Waals surface area contributed by atoms with E-state index in [0.29, 0.717) is 25.6 Å². The van der Waals surface area contributed by atoms with Crippen molar-refractivity contribution in [3.8, 4) is 0 Å². The summed E-state index contributed by atoms with van der Waals surface area (Å²) < 4.78 is 6.59. The van der Waals surface area contributed by atoms with Crippen LogP contribution in [0.4, 0.5) is 0 Å². The summed E-state index contributed by atoms with van der Waals surface area (Å²) in [6.07, 6.45) is 0. The van der Waals surface area contributed by atoms with Crippen molar-refractivity contribution in [2.24, 2.45) is 5.92 Å². The molecule has 0 fully saturated rings. The van der Waals surface area contributed by atoms with Crippen LogP contribution < -0.4 is 10.9 Å². The molecule has 1 aromatic rings. The average Bonchev–Trinajstić information content (AvgIpc) is 2.37. The second kappa shape index (κ2) is 7.71. The van der Waals surface area contributed by atoms with Gasteiger partial charge in [0.2, 0.25) is 0 Å². The van der Waals surface area contributed by atoms with Gasteiger partial charge in [0.25, 0.3) is 5.56 Å². The molecule has 5 nitrogen and oxygen atoms in total. The maximum Gasteiger partial charge on any atom is 0.271 e. The molecular weight excluding hydrogens is 266 g/mol. The van der Waals surface area contributed by atoms with Gasteiger partial charge in [-0.15, -0.1) is 0 Å². The van der Waals surface area contributed by atoms with Crippen LogP contribution in [0.5, 0.6) is 0 Å². The molecule has 0 spiro atoms. The maximum atomic E-state index is 12.4. The minimum atomic E-state index is -0.0880. The number of nitrogens with one attached hydrogen (secondary N) is 1. The molecule has 0 amide bonds. The van der Waals surface area contributed by atoms with E-state index in [9.17, 15) is 4.79 Å². The van der Waals surface area contributed by atoms with E-state index in [0.717, 1.165) is 17.8 Å². The van der Waals surface area contributed by atoms with Crippen molar-refractivity contribution in [3.63, 3.8) is 0 Å². The van der Waals surface area contributed by atoms with Crippen LogP contribution in [-0.4, -0.2) is 30.0 Å². The number of ether oxygens (including phenoxy) is 1. The Morgan fingerprint density at radius 3 is 2.57 bits per heavy atom. The Morgan fingerprint density at radius 1 is 1.38 bits per heavy atom. The molecule has 0 aliphatic carbocycles. The van der Waals surface area contributed by atoms with Crippen LogP contribution in [0.15, 0.2) is 10.9 Å². The van der Waals surface area contributed by atoms with Gasteiger partial charge in [-0.25, -0.2) is 4.68 Å². The molecule has 21 heavy (non-hydrogen) atoms. The molecule has 0 bridgehead atoms. The van der Waals surface area contributed by atoms with Crippen molar-refractivity contribution in [3.05, 3.63) is 27.7 Å². The summed E-state index contributed by atoms with van der Waals surface area (Å²) in [4.78, 5) is 12.4. The number of aromatic nitrogens is 2. The number of methoxy groups -OCH3 is 1. The quantitative estimate of drug-likeness (QED) is 0.835. The minimum absolute atomic E-state index is 0.0312. The average molecular weight is 295 g/mol. The molecule has 0 radical (unpaired) electrons. The SMILES string of the molecule is COCCn1nc(C(C)(C)C)cc(CNCC(C)C)c1=O. The lowest BCUT2D eigenvalue weighted by Gasteiger charge is -2.20. The third kappa shape index (κ3) is 5.59. The van der Waals surface area contributed by atoms with Crippen molar-refractivity contribution in [1.29, 1.82) is 0 Å². The van der Waals surface area contributed by atoms with E-state index < -0.39 is 0 Å². The maximum absolute atomic E-state index is 12.4. The highest BCUT2D eigenvalue weighted by Crippen LogP contribution is 2.19. The van der Waals surface area contributed by atoms with Gasteiger partial charge in [-0.05, 0) is 18.5 Å². The second-order valence-corrected chi connectivity index (χ2v) is 6.85. The molecule has 0 aliphatic rings. The van der Waals surface area contributed by atoms with Gasteiger partial charge in [-0.2, -0.15) is 5.10 Å². The van der Waals surface area contributed by atoms with Crippen LogP contribution in [-0.2, 0) is 23.2 Å². The summed E-state index contributed by atoms with van der Waals surface area (Å²) in [5.74, 6) is 0.560. The molecule has 1 N–H and O–H groups in total. The first-order chi connectivity index (χ1) is 9.75. The molecule has 120 valence electrons. The fourth-order valence-electron chi connectivity index (χ4n) is 1.91. The molecule has 0 saturated carbocycles. The van der Waals surface area contributed by atoms with Crippen molar-refractivity contribution in [2.45, 2.75) is 53.1 Å². The standard InChI is InChI=1S/C16H29N3O2/c1-12(2)10-17-11-13-9-14(16(3,4)5)18-19(15(13)20)7-8-21-6/h9,12,17H,7-8,10-11H2,1-6H3. The molecule has 1 rings (SSSR count). The fraction of sp³-hybridized carbons (Fsp3) is 0.750. The zero-order valence-corrected chi connectivity index (χ0v) is 14.2. The first-order valence-corrected chi connectivity index (χ1v) is 7.57. The lowest BCUT2D eigenvalue weighted by Crippen LogP contribution is -2.34. The molecule has 0 aromatic carbocycles. The van der Waals surface area contributed by atoms with E-state index in [1.54, 1.807) is 7.11 Å². The van der Waals surface area contributed by atoms with Crippen LogP contribution in [0, 0.1) is 5.92 Å². The summed E-state index contributed by atoms with van der Waals surface area (Å²) in [7, 11) is 1.63. The van der Waals surface area contributed by atoms with Gasteiger partial charge in [0.1, 0.15) is 0 Å². The highest BCUT2D eigenvalue weighted by atomic mass is 16.5. The largest absolute Gasteiger partial charge is 0.383 e. The predicted molar refractivity (Wildman–Crippen MR) is 85.6 cm³/mol. The van der Waals surface area contributed by atoms with E-state index in [4.69, 9.17) is 4.74 Å². The number of hydrogen-bond acceptors (Lipinski definition) is 4. The van der Waals surface area contributed by atoms with Crippen LogP contribution in [0.1, 0.15) is 45.9 Å². The van der Waals surface area contributed by atoms with Gasteiger partial charge in [0.15, 0.2) is 0 Å². The normalized spacial score (nSPS) is 12.1. The van der Waals surface area contributed by atoms with Gasteiger partial charge in [-0.3, -0.25) is 4.79 Å². The summed E-state index contributed by atoms with van der Waals surface area (Å²) in [6, 6.07) is 1.93. The van der Waals surface area contributed by atoms with E-state index in [-0.39, 0.29) is 11.0 Å². The Kier molecular flexibility index (Phi) is 6.55. The first kappa shape index (κ1) is 17.9. The highest BCUT2D eigenvalue weighted by Gasteiger charge is 2.19. The van der Waals surface area contributed by atoms with Crippen LogP contribution in [0.25, 0.3) is 0 Å². The third-order valence-corrected chi connectivity index (χ3v) is 3.19. The lowest BCUT2D eigenvalue weighted by atomic mass is 9.91. The van der Waals surface area contributed by atoms with E-state index in [1.807, 2.05) is 6.07 Å². The lowest BCUT2D eigenvalue weighted by molar-refractivity contribution is 0.181. The van der Waals surface area contributed by atoms with E-state index in [2.05, 4.69) is 45.0 Å². The van der Waals surface area contributed by atoms with Gasteiger partial charge in [-0.1, -0.05) is 34.6 Å². The summed E-state index contributed by atoms with van der Waals surface area (Å²) in [5, 5.41) is 7.81. The molecular formula is C16H29N3O2. The Morgan fingerprint density at radius 2 is 2.05 bits per heavy atom. The van der Waals surface area contributed by atoms with Crippen molar-refractivity contribution in [1.82, 2.24) is 15.1 Å². The number of nitrogens with zero attached hydrogens (tertiary/aromatic N) is 2.